The number of hydrogen-bond donors (Lipinski definition) is 1. The summed E-state index contributed by atoms with van der Waals surface area (Å²) in [6.45, 7) is 4.06. The maximum atomic E-state index is 12.1. The van der Waals surface area contributed by atoms with Crippen LogP contribution in [-0.4, -0.2) is 22.9 Å². The molecule has 0 saturated heterocycles. The molecule has 0 aliphatic rings. The van der Waals surface area contributed by atoms with Crippen LogP contribution < -0.4 is 11.1 Å². The van der Waals surface area contributed by atoms with Crippen molar-refractivity contribution in [2.45, 2.75) is 39.5 Å². The third-order valence-corrected chi connectivity index (χ3v) is 3.50. The van der Waals surface area contributed by atoms with E-state index in [2.05, 4.69) is 12.2 Å². The van der Waals surface area contributed by atoms with Crippen LogP contribution in [0.15, 0.2) is 27.4 Å². The highest BCUT2D eigenvalue weighted by Crippen LogP contribution is 2.15. The number of aromatic nitrogens is 1. The highest BCUT2D eigenvalue weighted by Gasteiger charge is 2.16. The summed E-state index contributed by atoms with van der Waals surface area (Å²) in [5, 5.41) is 2.71. The highest BCUT2D eigenvalue weighted by atomic mass is 16.4. The number of amides is 1. The number of fused-ring (bicyclic) bond motifs is 1. The smallest absolute Gasteiger partial charge is 0.407 e. The Labute approximate surface area is 128 Å². The maximum absolute atomic E-state index is 12.1. The number of oxazole rings is 1. The molecule has 0 aliphatic carbocycles. The monoisotopic (exact) mass is 304 g/mol. The maximum Gasteiger partial charge on any atom is 0.428 e. The van der Waals surface area contributed by atoms with Gasteiger partial charge in [0.1, 0.15) is 0 Å². The number of rotatable bonds is 6. The second kappa shape index (κ2) is 7.06. The zero-order chi connectivity index (χ0) is 16.1. The molecule has 0 aliphatic heterocycles. The fourth-order valence-electron chi connectivity index (χ4n) is 2.26. The van der Waals surface area contributed by atoms with E-state index in [1.165, 1.54) is 13.0 Å². The molecule has 0 radical (unpaired) electrons. The minimum absolute atomic E-state index is 0.127. The van der Waals surface area contributed by atoms with Gasteiger partial charge in [-0.15, -0.1) is 0 Å². The molecule has 1 amide bonds. The Bertz CT molecular complexity index is 742. The molecule has 6 heteroatoms. The number of unbranched alkanes of at least 4 members (excludes halogenated alkanes) is 3. The van der Waals surface area contributed by atoms with E-state index in [1.54, 1.807) is 12.1 Å². The number of nitrogens with zero attached hydrogens (tertiary/aromatic N) is 1. The van der Waals surface area contributed by atoms with Crippen LogP contribution in [0.3, 0.4) is 0 Å². The first-order valence-corrected chi connectivity index (χ1v) is 7.49. The molecule has 0 saturated carbocycles. The number of Topliss-reactive ketones (excluding diaryl/α,β-unsaturated/α-hetero) is 1. The van der Waals surface area contributed by atoms with Crippen molar-refractivity contribution in [1.82, 2.24) is 9.88 Å². The van der Waals surface area contributed by atoms with Crippen LogP contribution in [0, 0.1) is 0 Å². The third-order valence-electron chi connectivity index (χ3n) is 3.50. The van der Waals surface area contributed by atoms with Crippen LogP contribution in [0.4, 0.5) is 4.79 Å². The number of ketones is 1. The number of hydrogen-bond acceptors (Lipinski definition) is 4. The summed E-state index contributed by atoms with van der Waals surface area (Å²) in [7, 11) is 0. The molecular formula is C16H20N2O4. The molecular weight excluding hydrogens is 284 g/mol. The Morgan fingerprint density at radius 3 is 2.68 bits per heavy atom. The fraction of sp³-hybridized carbons (Fsp3) is 0.438. The van der Waals surface area contributed by atoms with Crippen LogP contribution in [0.2, 0.25) is 0 Å². The molecule has 0 atom stereocenters. The van der Waals surface area contributed by atoms with Gasteiger partial charge in [-0.2, -0.15) is 4.57 Å². The van der Waals surface area contributed by atoms with Crippen LogP contribution >= 0.6 is 0 Å². The number of nitrogens with one attached hydrogen (secondary N) is 1. The molecule has 1 aromatic carbocycles. The van der Waals surface area contributed by atoms with Crippen molar-refractivity contribution >= 4 is 22.9 Å². The first-order chi connectivity index (χ1) is 10.5. The fourth-order valence-corrected chi connectivity index (χ4v) is 2.26. The normalized spacial score (nSPS) is 10.8. The molecule has 0 fully saturated rings. The molecule has 2 aromatic rings. The van der Waals surface area contributed by atoms with E-state index >= 15 is 0 Å². The molecule has 0 bridgehead atoms. The quantitative estimate of drug-likeness (QED) is 0.657. The number of benzene rings is 1. The van der Waals surface area contributed by atoms with E-state index in [4.69, 9.17) is 4.42 Å². The van der Waals surface area contributed by atoms with Gasteiger partial charge in [-0.25, -0.2) is 9.59 Å². The van der Waals surface area contributed by atoms with E-state index < -0.39 is 11.8 Å². The Kier molecular flexibility index (Phi) is 5.14. The number of carbonyl (C=O) groups excluding carboxylic acids is 2. The van der Waals surface area contributed by atoms with Gasteiger partial charge in [-0.3, -0.25) is 4.79 Å². The van der Waals surface area contributed by atoms with E-state index in [0.29, 0.717) is 17.6 Å². The van der Waals surface area contributed by atoms with Crippen LogP contribution in [-0.2, 0) is 0 Å². The molecule has 1 N–H and O–H groups in total. The van der Waals surface area contributed by atoms with Gasteiger partial charge in [0, 0.05) is 12.1 Å². The third kappa shape index (κ3) is 3.44. The van der Waals surface area contributed by atoms with Crippen molar-refractivity contribution in [1.29, 1.82) is 0 Å². The van der Waals surface area contributed by atoms with Gasteiger partial charge in [0.05, 0.1) is 5.52 Å². The predicted molar refractivity (Wildman–Crippen MR) is 83.4 cm³/mol. The Hall–Kier alpha value is -2.37. The molecule has 22 heavy (non-hydrogen) atoms. The summed E-state index contributed by atoms with van der Waals surface area (Å²) in [6.07, 6.45) is 4.16. The summed E-state index contributed by atoms with van der Waals surface area (Å²) in [6, 6.07) is 4.10. The summed E-state index contributed by atoms with van der Waals surface area (Å²) >= 11 is 0. The lowest BCUT2D eigenvalue weighted by Gasteiger charge is -2.05. The summed E-state index contributed by atoms with van der Waals surface area (Å²) in [5.41, 5.74) is 1.04. The van der Waals surface area contributed by atoms with Crippen molar-refractivity contribution in [3.05, 3.63) is 34.3 Å². The minimum atomic E-state index is -0.748. The first-order valence-electron chi connectivity index (χ1n) is 7.49. The Balaban J connectivity index is 2.17. The number of carbonyl (C=O) groups is 2. The van der Waals surface area contributed by atoms with Crippen molar-refractivity contribution in [2.24, 2.45) is 0 Å². The largest absolute Gasteiger partial charge is 0.428 e. The van der Waals surface area contributed by atoms with E-state index in [0.717, 1.165) is 30.3 Å². The highest BCUT2D eigenvalue weighted by molar-refractivity contribution is 5.98. The molecule has 6 nitrogen and oxygen atoms in total. The lowest BCUT2D eigenvalue weighted by atomic mass is 10.1. The molecule has 0 spiro atoms. The molecule has 0 unspecified atom stereocenters. The standard InChI is InChI=1S/C16H20N2O4/c1-3-4-5-6-9-17-15(20)18-13-8-7-12(11(2)19)10-14(13)22-16(18)21/h7-8,10H,3-6,9H2,1-2H3,(H,17,20). The van der Waals surface area contributed by atoms with Gasteiger partial charge in [0.25, 0.3) is 0 Å². The lowest BCUT2D eigenvalue weighted by molar-refractivity contribution is 0.101. The first kappa shape index (κ1) is 16.0. The Morgan fingerprint density at radius 1 is 1.23 bits per heavy atom. The van der Waals surface area contributed by atoms with Gasteiger partial charge >= 0.3 is 11.8 Å². The minimum Gasteiger partial charge on any atom is -0.407 e. The van der Waals surface area contributed by atoms with Crippen molar-refractivity contribution in [3.63, 3.8) is 0 Å². The van der Waals surface area contributed by atoms with Gasteiger partial charge in [0.2, 0.25) is 0 Å². The average molecular weight is 304 g/mol. The van der Waals surface area contributed by atoms with E-state index in [1.807, 2.05) is 0 Å². The zero-order valence-electron chi connectivity index (χ0n) is 12.8. The summed E-state index contributed by atoms with van der Waals surface area (Å²) < 4.78 is 6.01. The van der Waals surface area contributed by atoms with Crippen molar-refractivity contribution in [3.8, 4) is 0 Å². The molecule has 118 valence electrons. The van der Waals surface area contributed by atoms with E-state index in [9.17, 15) is 14.4 Å². The van der Waals surface area contributed by atoms with Gasteiger partial charge in [-0.1, -0.05) is 26.2 Å². The average Bonchev–Trinajstić information content (AvgIpc) is 2.81. The van der Waals surface area contributed by atoms with Crippen LogP contribution in [0.1, 0.15) is 49.9 Å². The second-order valence-corrected chi connectivity index (χ2v) is 5.23. The lowest BCUT2D eigenvalue weighted by Crippen LogP contribution is -2.34. The van der Waals surface area contributed by atoms with Crippen molar-refractivity contribution in [2.75, 3.05) is 6.54 Å². The van der Waals surface area contributed by atoms with Gasteiger partial charge in [0.15, 0.2) is 11.4 Å². The summed E-state index contributed by atoms with van der Waals surface area (Å²) in [4.78, 5) is 35.3. The molecule has 2 rings (SSSR count). The SMILES string of the molecule is CCCCCCNC(=O)n1c(=O)oc2cc(C(C)=O)ccc21. The van der Waals surface area contributed by atoms with Crippen LogP contribution in [0.25, 0.3) is 11.1 Å². The van der Waals surface area contributed by atoms with E-state index in [-0.39, 0.29) is 11.4 Å². The second-order valence-electron chi connectivity index (χ2n) is 5.23. The van der Waals surface area contributed by atoms with Crippen molar-refractivity contribution < 1.29 is 14.0 Å². The molecule has 1 aromatic heterocycles. The summed E-state index contributed by atoms with van der Waals surface area (Å²) in [5.74, 6) is -0.876. The predicted octanol–water partition coefficient (Wildman–Crippen LogP) is 2.94. The molecule has 1 heterocycles. The Morgan fingerprint density at radius 2 is 2.00 bits per heavy atom. The van der Waals surface area contributed by atoms with Gasteiger partial charge < -0.3 is 9.73 Å². The van der Waals surface area contributed by atoms with Crippen LogP contribution in [0.5, 0.6) is 0 Å². The zero-order valence-corrected chi connectivity index (χ0v) is 12.8. The topological polar surface area (TPSA) is 81.3 Å². The van der Waals surface area contributed by atoms with Gasteiger partial charge in [-0.05, 0) is 31.5 Å².